The number of hydrogen-bond acceptors (Lipinski definition) is 9. The largest absolute Gasteiger partial charge is 0.416 e. The van der Waals surface area contributed by atoms with E-state index < -0.39 is 17.5 Å². The van der Waals surface area contributed by atoms with Gasteiger partial charge in [-0.3, -0.25) is 9.59 Å². The number of likely N-dealkylation sites (N-methyl/N-ethyl adjacent to an activating group) is 1. The molecule has 0 fully saturated rings. The predicted octanol–water partition coefficient (Wildman–Crippen LogP) is 4.18. The van der Waals surface area contributed by atoms with Crippen LogP contribution in [0.1, 0.15) is 0 Å². The summed E-state index contributed by atoms with van der Waals surface area (Å²) >= 11 is 0. The van der Waals surface area contributed by atoms with E-state index in [2.05, 4.69) is 36.1 Å². The lowest BCUT2D eigenvalue weighted by molar-refractivity contribution is -0.117. The molecule has 0 atom stereocenters. The standard InChI is InChI=1S/C27H20FN7O3/c1-29-22(36)14-17-9-6-12-21(23(17)37)32-27-30-15-20(28)24(33-27)31-19-11-5-10-18(13-19)26-35-34-25(38-26)16-7-3-2-4-8-16/h2-15H,1H3,(H,29,36)(H2,30,31,32,33). The Morgan fingerprint density at radius 2 is 1.76 bits per heavy atom. The first-order valence-corrected chi connectivity index (χ1v) is 11.4. The number of amides is 1. The second-order valence-corrected chi connectivity index (χ2v) is 7.98. The van der Waals surface area contributed by atoms with Crippen molar-refractivity contribution in [2.75, 3.05) is 17.7 Å². The summed E-state index contributed by atoms with van der Waals surface area (Å²) in [6, 6.07) is 16.4. The molecule has 0 aliphatic heterocycles. The Labute approximate surface area is 216 Å². The summed E-state index contributed by atoms with van der Waals surface area (Å²) in [5, 5.41) is 16.3. The van der Waals surface area contributed by atoms with Crippen molar-refractivity contribution in [3.05, 3.63) is 102 Å². The van der Waals surface area contributed by atoms with Crippen molar-refractivity contribution in [3.8, 4) is 22.9 Å². The first-order chi connectivity index (χ1) is 18.5. The van der Waals surface area contributed by atoms with Gasteiger partial charge in [-0.05, 0) is 36.4 Å². The highest BCUT2D eigenvalue weighted by Gasteiger charge is 2.19. The lowest BCUT2D eigenvalue weighted by atomic mass is 10.0. The van der Waals surface area contributed by atoms with Gasteiger partial charge in [0, 0.05) is 35.5 Å². The molecule has 10 nitrogen and oxygen atoms in total. The molecule has 1 aliphatic carbocycles. The van der Waals surface area contributed by atoms with E-state index in [0.29, 0.717) is 23.0 Å². The Hall–Kier alpha value is -5.45. The van der Waals surface area contributed by atoms with Crippen LogP contribution in [0.15, 0.2) is 101 Å². The molecule has 2 aromatic heterocycles. The molecule has 2 aromatic carbocycles. The predicted molar refractivity (Wildman–Crippen MR) is 138 cm³/mol. The van der Waals surface area contributed by atoms with Crippen molar-refractivity contribution < 1.29 is 18.4 Å². The van der Waals surface area contributed by atoms with Gasteiger partial charge in [-0.2, -0.15) is 4.98 Å². The third-order valence-electron chi connectivity index (χ3n) is 5.39. The summed E-state index contributed by atoms with van der Waals surface area (Å²) in [6.07, 6.45) is 6.80. The number of benzene rings is 2. The number of carbonyl (C=O) groups is 2. The highest BCUT2D eigenvalue weighted by Crippen LogP contribution is 2.27. The molecule has 5 rings (SSSR count). The van der Waals surface area contributed by atoms with Crippen molar-refractivity contribution in [2.45, 2.75) is 0 Å². The fraction of sp³-hybridized carbons (Fsp3) is 0.0370. The fourth-order valence-electron chi connectivity index (χ4n) is 3.52. The smallest absolute Gasteiger partial charge is 0.248 e. The molecule has 11 heteroatoms. The molecule has 0 spiro atoms. The third kappa shape index (κ3) is 5.36. The van der Waals surface area contributed by atoms with Crippen molar-refractivity contribution in [3.63, 3.8) is 0 Å². The zero-order valence-electron chi connectivity index (χ0n) is 20.0. The van der Waals surface area contributed by atoms with E-state index in [0.717, 1.165) is 11.8 Å². The van der Waals surface area contributed by atoms with Gasteiger partial charge in [-0.15, -0.1) is 10.2 Å². The topological polar surface area (TPSA) is 135 Å². The van der Waals surface area contributed by atoms with Crippen LogP contribution in [0, 0.1) is 5.82 Å². The highest BCUT2D eigenvalue weighted by atomic mass is 19.1. The molecular weight excluding hydrogens is 489 g/mol. The van der Waals surface area contributed by atoms with Crippen LogP contribution in [0.5, 0.6) is 0 Å². The summed E-state index contributed by atoms with van der Waals surface area (Å²) in [5.74, 6) is -0.988. The van der Waals surface area contributed by atoms with E-state index in [1.54, 1.807) is 30.3 Å². The minimum Gasteiger partial charge on any atom is -0.416 e. The van der Waals surface area contributed by atoms with Crippen molar-refractivity contribution in [2.24, 2.45) is 0 Å². The Morgan fingerprint density at radius 1 is 1.00 bits per heavy atom. The monoisotopic (exact) mass is 509 g/mol. The average Bonchev–Trinajstić information content (AvgIpc) is 3.44. The first-order valence-electron chi connectivity index (χ1n) is 11.4. The van der Waals surface area contributed by atoms with Crippen LogP contribution in [-0.2, 0) is 9.59 Å². The van der Waals surface area contributed by atoms with Crippen LogP contribution in [0.25, 0.3) is 22.9 Å². The molecule has 0 saturated carbocycles. The molecule has 38 heavy (non-hydrogen) atoms. The normalized spacial score (nSPS) is 13.8. The Balaban J connectivity index is 1.34. The molecule has 3 N–H and O–H groups in total. The summed E-state index contributed by atoms with van der Waals surface area (Å²) in [4.78, 5) is 32.4. The highest BCUT2D eigenvalue weighted by molar-refractivity contribution is 6.15. The van der Waals surface area contributed by atoms with Gasteiger partial charge in [0.05, 0.1) is 11.9 Å². The van der Waals surface area contributed by atoms with E-state index in [1.165, 1.54) is 25.3 Å². The van der Waals surface area contributed by atoms with Crippen molar-refractivity contribution in [1.82, 2.24) is 25.5 Å². The second kappa shape index (κ2) is 10.7. The third-order valence-corrected chi connectivity index (χ3v) is 5.39. The number of anilines is 3. The Bertz CT molecular complexity index is 1610. The molecule has 0 bridgehead atoms. The molecule has 188 valence electrons. The van der Waals surface area contributed by atoms with Crippen molar-refractivity contribution >= 4 is 29.1 Å². The number of nitrogens with one attached hydrogen (secondary N) is 3. The van der Waals surface area contributed by atoms with Gasteiger partial charge in [0.25, 0.3) is 0 Å². The number of hydrogen-bond donors (Lipinski definition) is 3. The lowest BCUT2D eigenvalue weighted by Crippen LogP contribution is -2.20. The molecule has 0 unspecified atom stereocenters. The molecule has 0 radical (unpaired) electrons. The fourth-order valence-corrected chi connectivity index (χ4v) is 3.52. The van der Waals surface area contributed by atoms with Gasteiger partial charge in [0.1, 0.15) is 0 Å². The molecule has 0 saturated heterocycles. The molecule has 1 aliphatic rings. The number of halogens is 1. The van der Waals surface area contributed by atoms with E-state index >= 15 is 0 Å². The Morgan fingerprint density at radius 3 is 2.55 bits per heavy atom. The minimum absolute atomic E-state index is 0.0105. The SMILES string of the molecule is CNC(=O)C=C1C=CC=C(Nc2ncc(F)c(Nc3cccc(-c4nnc(-c5ccccc5)o4)c3)n2)C1=O. The summed E-state index contributed by atoms with van der Waals surface area (Å²) < 4.78 is 20.4. The number of aromatic nitrogens is 4. The quantitative estimate of drug-likeness (QED) is 0.314. The number of nitrogens with zero attached hydrogens (tertiary/aromatic N) is 4. The van der Waals surface area contributed by atoms with Crippen molar-refractivity contribution in [1.29, 1.82) is 0 Å². The molecular formula is C27H20FN7O3. The Kier molecular flexibility index (Phi) is 6.81. The number of rotatable bonds is 7. The first kappa shape index (κ1) is 24.3. The van der Waals surface area contributed by atoms with Gasteiger partial charge < -0.3 is 20.4 Å². The number of ketones is 1. The summed E-state index contributed by atoms with van der Waals surface area (Å²) in [7, 11) is 1.46. The van der Waals surface area contributed by atoms with Gasteiger partial charge >= 0.3 is 0 Å². The van der Waals surface area contributed by atoms with Crippen LogP contribution >= 0.6 is 0 Å². The second-order valence-electron chi connectivity index (χ2n) is 7.98. The van der Waals surface area contributed by atoms with Crippen LogP contribution in [-0.4, -0.2) is 38.9 Å². The van der Waals surface area contributed by atoms with Gasteiger partial charge in [-0.1, -0.05) is 36.4 Å². The van der Waals surface area contributed by atoms with Crippen LogP contribution in [0.3, 0.4) is 0 Å². The summed E-state index contributed by atoms with van der Waals surface area (Å²) in [5.41, 5.74) is 2.24. The lowest BCUT2D eigenvalue weighted by Gasteiger charge is -2.13. The number of allylic oxidation sites excluding steroid dienone is 4. The van der Waals surface area contributed by atoms with Crippen LogP contribution < -0.4 is 16.0 Å². The van der Waals surface area contributed by atoms with Gasteiger partial charge in [0.15, 0.2) is 11.6 Å². The van der Waals surface area contributed by atoms with Crippen LogP contribution in [0.4, 0.5) is 21.8 Å². The number of carbonyl (C=O) groups excluding carboxylic acids is 2. The van der Waals surface area contributed by atoms with Gasteiger partial charge in [0.2, 0.25) is 29.4 Å². The molecule has 4 aromatic rings. The van der Waals surface area contributed by atoms with Gasteiger partial charge in [-0.25, -0.2) is 9.37 Å². The maximum atomic E-state index is 14.6. The summed E-state index contributed by atoms with van der Waals surface area (Å²) in [6.45, 7) is 0. The maximum Gasteiger partial charge on any atom is 0.248 e. The maximum absolute atomic E-state index is 14.6. The number of Topliss-reactive ketones (excluding diaryl/α,β-unsaturated/α-hetero) is 1. The average molecular weight is 510 g/mol. The zero-order chi connectivity index (χ0) is 26.5. The molecule has 1 amide bonds. The van der Waals surface area contributed by atoms with E-state index in [1.807, 2.05) is 30.3 Å². The van der Waals surface area contributed by atoms with E-state index in [9.17, 15) is 14.0 Å². The molecule has 2 heterocycles. The van der Waals surface area contributed by atoms with E-state index in [-0.39, 0.29) is 23.0 Å². The van der Waals surface area contributed by atoms with Crippen LogP contribution in [0.2, 0.25) is 0 Å². The van der Waals surface area contributed by atoms with E-state index in [4.69, 9.17) is 4.42 Å². The zero-order valence-corrected chi connectivity index (χ0v) is 20.0. The minimum atomic E-state index is -0.700.